The highest BCUT2D eigenvalue weighted by atomic mass is 16.5. The lowest BCUT2D eigenvalue weighted by Crippen LogP contribution is -2.53. The van der Waals surface area contributed by atoms with Crippen molar-refractivity contribution in [2.75, 3.05) is 44.7 Å². The lowest BCUT2D eigenvalue weighted by Gasteiger charge is -2.41. The zero-order valence-corrected chi connectivity index (χ0v) is 19.8. The van der Waals surface area contributed by atoms with Crippen LogP contribution in [-0.4, -0.2) is 72.1 Å². The van der Waals surface area contributed by atoms with E-state index < -0.39 is 6.23 Å². The first kappa shape index (κ1) is 23.0. The smallest absolute Gasteiger partial charge is 0.135 e. The molecule has 174 valence electrons. The Morgan fingerprint density at radius 3 is 2.50 bits per heavy atom. The number of aromatic nitrogens is 2. The second kappa shape index (κ2) is 10.1. The molecule has 0 radical (unpaired) electrons. The quantitative estimate of drug-likeness (QED) is 0.655. The molecule has 2 unspecified atom stereocenters. The van der Waals surface area contributed by atoms with E-state index >= 15 is 0 Å². The molecule has 1 aromatic carbocycles. The number of ether oxygens (including phenoxy) is 1. The lowest BCUT2D eigenvalue weighted by molar-refractivity contribution is -0.0202. The number of aryl methyl sites for hydroxylation is 1. The van der Waals surface area contributed by atoms with Crippen LogP contribution in [0.15, 0.2) is 30.6 Å². The van der Waals surface area contributed by atoms with Gasteiger partial charge in [0.1, 0.15) is 24.1 Å². The molecule has 2 aromatic rings. The Morgan fingerprint density at radius 2 is 1.84 bits per heavy atom. The van der Waals surface area contributed by atoms with Crippen LogP contribution in [0.2, 0.25) is 0 Å². The van der Waals surface area contributed by atoms with Gasteiger partial charge in [-0.15, -0.1) is 0 Å². The first-order chi connectivity index (χ1) is 15.5. The van der Waals surface area contributed by atoms with Gasteiger partial charge in [-0.05, 0) is 36.5 Å². The van der Waals surface area contributed by atoms with Crippen molar-refractivity contribution in [1.29, 1.82) is 0 Å². The number of aliphatic hydroxyl groups excluding tert-OH is 1. The van der Waals surface area contributed by atoms with Crippen molar-refractivity contribution in [3.63, 3.8) is 0 Å². The zero-order valence-electron chi connectivity index (χ0n) is 19.8. The topological polar surface area (TPSA) is 73.8 Å². The van der Waals surface area contributed by atoms with E-state index in [2.05, 4.69) is 58.0 Å². The first-order valence-corrected chi connectivity index (χ1v) is 11.9. The SMILES string of the molecule is COc1ccc(C(CNC(C)C)C(O)N2CCN(c3ncnc4c3[C@H](C)CC4)CC2)cc1. The van der Waals surface area contributed by atoms with Gasteiger partial charge in [-0.2, -0.15) is 0 Å². The molecule has 0 amide bonds. The number of hydrogen-bond acceptors (Lipinski definition) is 7. The maximum Gasteiger partial charge on any atom is 0.135 e. The molecule has 1 aliphatic heterocycles. The molecular weight excluding hydrogens is 402 g/mol. The Hall–Kier alpha value is -2.22. The molecule has 1 aromatic heterocycles. The Kier molecular flexibility index (Phi) is 7.28. The molecule has 0 bridgehead atoms. The van der Waals surface area contributed by atoms with Gasteiger partial charge >= 0.3 is 0 Å². The summed E-state index contributed by atoms with van der Waals surface area (Å²) in [6.45, 7) is 10.6. The predicted molar refractivity (Wildman–Crippen MR) is 127 cm³/mol. The van der Waals surface area contributed by atoms with Crippen molar-refractivity contribution in [3.05, 3.63) is 47.4 Å². The Balaban J connectivity index is 1.45. The van der Waals surface area contributed by atoms with Gasteiger partial charge in [0, 0.05) is 55.9 Å². The van der Waals surface area contributed by atoms with Gasteiger partial charge in [0.2, 0.25) is 0 Å². The molecule has 7 heteroatoms. The average Bonchev–Trinajstić information content (AvgIpc) is 3.20. The summed E-state index contributed by atoms with van der Waals surface area (Å²) >= 11 is 0. The largest absolute Gasteiger partial charge is 0.497 e. The molecule has 2 N–H and O–H groups in total. The van der Waals surface area contributed by atoms with Crippen LogP contribution in [0.3, 0.4) is 0 Å². The number of nitrogens with one attached hydrogen (secondary N) is 1. The second-order valence-electron chi connectivity index (χ2n) is 9.38. The van der Waals surface area contributed by atoms with E-state index in [4.69, 9.17) is 4.74 Å². The van der Waals surface area contributed by atoms with Crippen LogP contribution in [0.4, 0.5) is 5.82 Å². The number of nitrogens with zero attached hydrogens (tertiary/aromatic N) is 4. The van der Waals surface area contributed by atoms with Crippen molar-refractivity contribution in [1.82, 2.24) is 20.2 Å². The van der Waals surface area contributed by atoms with Crippen LogP contribution in [0, 0.1) is 0 Å². The Labute approximate surface area is 191 Å². The minimum atomic E-state index is -0.549. The maximum absolute atomic E-state index is 11.4. The molecule has 4 rings (SSSR count). The zero-order chi connectivity index (χ0) is 22.7. The molecule has 1 saturated heterocycles. The number of aliphatic hydroxyl groups is 1. The Morgan fingerprint density at radius 1 is 1.12 bits per heavy atom. The number of hydrogen-bond donors (Lipinski definition) is 2. The van der Waals surface area contributed by atoms with Crippen molar-refractivity contribution in [3.8, 4) is 5.75 Å². The molecular formula is C25H37N5O2. The highest BCUT2D eigenvalue weighted by molar-refractivity contribution is 5.52. The molecule has 0 spiro atoms. The predicted octanol–water partition coefficient (Wildman–Crippen LogP) is 2.76. The van der Waals surface area contributed by atoms with Crippen molar-refractivity contribution < 1.29 is 9.84 Å². The molecule has 0 saturated carbocycles. The van der Waals surface area contributed by atoms with Crippen LogP contribution < -0.4 is 15.0 Å². The van der Waals surface area contributed by atoms with E-state index in [1.54, 1.807) is 13.4 Å². The van der Waals surface area contributed by atoms with Gasteiger partial charge in [0.15, 0.2) is 0 Å². The molecule has 3 atom stereocenters. The fourth-order valence-electron chi connectivity index (χ4n) is 4.94. The summed E-state index contributed by atoms with van der Waals surface area (Å²) in [7, 11) is 1.68. The Bertz CT molecular complexity index is 880. The number of piperazine rings is 1. The minimum absolute atomic E-state index is 0.0156. The number of rotatable bonds is 8. The second-order valence-corrected chi connectivity index (χ2v) is 9.38. The minimum Gasteiger partial charge on any atom is -0.497 e. The van der Waals surface area contributed by atoms with Crippen LogP contribution in [0.5, 0.6) is 5.75 Å². The summed E-state index contributed by atoms with van der Waals surface area (Å²) in [5.74, 6) is 2.44. The van der Waals surface area contributed by atoms with Crippen LogP contribution in [0.25, 0.3) is 0 Å². The third-order valence-electron chi connectivity index (χ3n) is 6.89. The van der Waals surface area contributed by atoms with Gasteiger partial charge in [-0.3, -0.25) is 4.90 Å². The van der Waals surface area contributed by atoms with Crippen LogP contribution in [0.1, 0.15) is 55.8 Å². The molecule has 1 fully saturated rings. The van der Waals surface area contributed by atoms with Gasteiger partial charge in [0.25, 0.3) is 0 Å². The third-order valence-corrected chi connectivity index (χ3v) is 6.89. The summed E-state index contributed by atoms with van der Waals surface area (Å²) in [5, 5.41) is 14.9. The van der Waals surface area contributed by atoms with E-state index in [0.29, 0.717) is 12.0 Å². The van der Waals surface area contributed by atoms with Crippen molar-refractivity contribution in [2.24, 2.45) is 0 Å². The van der Waals surface area contributed by atoms with E-state index in [1.165, 1.54) is 11.3 Å². The third kappa shape index (κ3) is 4.90. The molecule has 32 heavy (non-hydrogen) atoms. The highest BCUT2D eigenvalue weighted by Gasteiger charge is 2.32. The maximum atomic E-state index is 11.4. The van der Waals surface area contributed by atoms with Gasteiger partial charge in [-0.25, -0.2) is 9.97 Å². The normalized spacial score (nSPS) is 20.9. The van der Waals surface area contributed by atoms with Gasteiger partial charge in [0.05, 0.1) is 7.11 Å². The number of benzene rings is 1. The summed E-state index contributed by atoms with van der Waals surface area (Å²) in [6.07, 6.45) is 3.38. The first-order valence-electron chi connectivity index (χ1n) is 11.9. The van der Waals surface area contributed by atoms with Gasteiger partial charge in [-0.1, -0.05) is 32.9 Å². The molecule has 2 aliphatic rings. The molecule has 1 aliphatic carbocycles. The summed E-state index contributed by atoms with van der Waals surface area (Å²) in [5.41, 5.74) is 3.67. The highest BCUT2D eigenvalue weighted by Crippen LogP contribution is 2.37. The van der Waals surface area contributed by atoms with E-state index in [-0.39, 0.29) is 5.92 Å². The van der Waals surface area contributed by atoms with Crippen LogP contribution >= 0.6 is 0 Å². The van der Waals surface area contributed by atoms with E-state index in [0.717, 1.165) is 62.7 Å². The lowest BCUT2D eigenvalue weighted by atomic mass is 9.95. The summed E-state index contributed by atoms with van der Waals surface area (Å²) in [6, 6.07) is 8.44. The van der Waals surface area contributed by atoms with E-state index in [9.17, 15) is 5.11 Å². The van der Waals surface area contributed by atoms with Crippen LogP contribution in [-0.2, 0) is 6.42 Å². The number of anilines is 1. The summed E-state index contributed by atoms with van der Waals surface area (Å²) in [4.78, 5) is 13.7. The molecule has 2 heterocycles. The van der Waals surface area contributed by atoms with Crippen molar-refractivity contribution >= 4 is 5.82 Å². The number of fused-ring (bicyclic) bond motifs is 1. The average molecular weight is 440 g/mol. The van der Waals surface area contributed by atoms with E-state index in [1.807, 2.05) is 12.1 Å². The van der Waals surface area contributed by atoms with Gasteiger partial charge < -0.3 is 20.1 Å². The monoisotopic (exact) mass is 439 g/mol. The van der Waals surface area contributed by atoms with Crippen molar-refractivity contribution in [2.45, 2.75) is 57.7 Å². The summed E-state index contributed by atoms with van der Waals surface area (Å²) < 4.78 is 5.31. The fraction of sp³-hybridized carbons (Fsp3) is 0.600. The molecule has 7 nitrogen and oxygen atoms in total. The number of methoxy groups -OCH3 is 1. The standard InChI is InChI=1S/C25H37N5O2/c1-17(2)26-15-21(19-6-8-20(32-4)9-7-19)25(31)30-13-11-29(12-14-30)24-23-18(3)5-10-22(23)27-16-28-24/h6-9,16-18,21,25-26,31H,5,10-15H2,1-4H3/t18-,21?,25?/m1/s1. The fourth-order valence-corrected chi connectivity index (χ4v) is 4.94.